The summed E-state index contributed by atoms with van der Waals surface area (Å²) in [6.07, 6.45) is 0. The van der Waals surface area contributed by atoms with Crippen molar-refractivity contribution in [1.29, 1.82) is 0 Å². The van der Waals surface area contributed by atoms with E-state index in [1.165, 1.54) is 12.1 Å². The Morgan fingerprint density at radius 3 is 2.69 bits per heavy atom. The summed E-state index contributed by atoms with van der Waals surface area (Å²) in [6.45, 7) is 2.00. The van der Waals surface area contributed by atoms with Crippen LogP contribution in [-0.2, 0) is 4.74 Å². The lowest BCUT2D eigenvalue weighted by Crippen LogP contribution is -2.41. The predicted molar refractivity (Wildman–Crippen MR) is 58.1 cm³/mol. The molecule has 1 saturated heterocycles. The van der Waals surface area contributed by atoms with E-state index in [1.54, 1.807) is 4.90 Å². The van der Waals surface area contributed by atoms with Gasteiger partial charge in [-0.1, -0.05) is 11.6 Å². The Hall–Kier alpha value is -1.13. The Morgan fingerprint density at radius 2 is 2.06 bits per heavy atom. The van der Waals surface area contributed by atoms with Gasteiger partial charge in [-0.05, 0) is 18.2 Å². The first-order chi connectivity index (χ1) is 7.68. The quantitative estimate of drug-likeness (QED) is 0.755. The molecule has 1 fully saturated rings. The third-order valence-corrected chi connectivity index (χ3v) is 2.69. The average Bonchev–Trinajstić information content (AvgIpc) is 2.29. The van der Waals surface area contributed by atoms with Crippen LogP contribution in [0.25, 0.3) is 0 Å². The van der Waals surface area contributed by atoms with E-state index in [0.29, 0.717) is 26.3 Å². The lowest BCUT2D eigenvalue weighted by atomic mass is 10.2. The van der Waals surface area contributed by atoms with Gasteiger partial charge in [0.1, 0.15) is 5.82 Å². The van der Waals surface area contributed by atoms with E-state index in [9.17, 15) is 9.18 Å². The van der Waals surface area contributed by atoms with Gasteiger partial charge in [0.2, 0.25) is 0 Å². The fourth-order valence-electron chi connectivity index (χ4n) is 1.60. The zero-order valence-electron chi connectivity index (χ0n) is 8.58. The van der Waals surface area contributed by atoms with Crippen LogP contribution in [0.3, 0.4) is 0 Å². The average molecular weight is 244 g/mol. The first kappa shape index (κ1) is 11.4. The second kappa shape index (κ2) is 4.80. The van der Waals surface area contributed by atoms with Gasteiger partial charge in [0.05, 0.1) is 18.8 Å². The van der Waals surface area contributed by atoms with Gasteiger partial charge in [0.15, 0.2) is 0 Å². The zero-order valence-corrected chi connectivity index (χ0v) is 9.34. The molecule has 1 heterocycles. The van der Waals surface area contributed by atoms with Crippen LogP contribution < -0.4 is 0 Å². The molecule has 2 rings (SSSR count). The molecular weight excluding hydrogens is 233 g/mol. The van der Waals surface area contributed by atoms with Crippen LogP contribution in [0.5, 0.6) is 0 Å². The smallest absolute Gasteiger partial charge is 0.256 e. The topological polar surface area (TPSA) is 29.5 Å². The van der Waals surface area contributed by atoms with E-state index in [4.69, 9.17) is 16.3 Å². The molecule has 0 N–H and O–H groups in total. The minimum atomic E-state index is -0.580. The predicted octanol–water partition coefficient (Wildman–Crippen LogP) is 1.95. The number of halogens is 2. The molecule has 0 saturated carbocycles. The van der Waals surface area contributed by atoms with Gasteiger partial charge in [-0.2, -0.15) is 0 Å². The van der Waals surface area contributed by atoms with Crippen molar-refractivity contribution in [1.82, 2.24) is 4.90 Å². The molecule has 1 aliphatic heterocycles. The molecule has 0 atom stereocenters. The fraction of sp³-hybridized carbons (Fsp3) is 0.364. The standard InChI is InChI=1S/C11H11ClFNO2/c12-8-1-2-9(10(13)7-8)11(15)14-3-5-16-6-4-14/h1-2,7H,3-6H2. The maximum absolute atomic E-state index is 13.5. The molecule has 1 amide bonds. The van der Waals surface area contributed by atoms with Crippen LogP contribution in [0, 0.1) is 5.82 Å². The maximum atomic E-state index is 13.5. The zero-order chi connectivity index (χ0) is 11.5. The van der Waals surface area contributed by atoms with Crippen molar-refractivity contribution in [2.75, 3.05) is 26.3 Å². The highest BCUT2D eigenvalue weighted by atomic mass is 35.5. The number of benzene rings is 1. The molecule has 5 heteroatoms. The normalized spacial score (nSPS) is 16.2. The van der Waals surface area contributed by atoms with Crippen LogP contribution in [0.1, 0.15) is 10.4 Å². The van der Waals surface area contributed by atoms with Gasteiger partial charge in [0, 0.05) is 18.1 Å². The summed E-state index contributed by atoms with van der Waals surface area (Å²) in [4.78, 5) is 13.5. The Morgan fingerprint density at radius 1 is 1.38 bits per heavy atom. The minimum Gasteiger partial charge on any atom is -0.378 e. The Bertz CT molecular complexity index is 405. The van der Waals surface area contributed by atoms with Crippen molar-refractivity contribution in [2.45, 2.75) is 0 Å². The number of hydrogen-bond donors (Lipinski definition) is 0. The van der Waals surface area contributed by atoms with E-state index < -0.39 is 5.82 Å². The van der Waals surface area contributed by atoms with E-state index in [2.05, 4.69) is 0 Å². The number of rotatable bonds is 1. The number of hydrogen-bond acceptors (Lipinski definition) is 2. The summed E-state index contributed by atoms with van der Waals surface area (Å²) in [7, 11) is 0. The molecule has 1 aliphatic rings. The van der Waals surface area contributed by atoms with Crippen LogP contribution in [0.4, 0.5) is 4.39 Å². The molecular formula is C11H11ClFNO2. The van der Waals surface area contributed by atoms with Crippen LogP contribution >= 0.6 is 11.6 Å². The van der Waals surface area contributed by atoms with Crippen molar-refractivity contribution >= 4 is 17.5 Å². The van der Waals surface area contributed by atoms with Crippen molar-refractivity contribution in [3.8, 4) is 0 Å². The second-order valence-corrected chi connectivity index (χ2v) is 3.97. The van der Waals surface area contributed by atoms with E-state index in [-0.39, 0.29) is 16.5 Å². The highest BCUT2D eigenvalue weighted by Gasteiger charge is 2.21. The van der Waals surface area contributed by atoms with Gasteiger partial charge in [-0.3, -0.25) is 4.79 Å². The van der Waals surface area contributed by atoms with Crippen LogP contribution in [0.15, 0.2) is 18.2 Å². The molecule has 86 valence electrons. The summed E-state index contributed by atoms with van der Waals surface area (Å²) in [5, 5.41) is 0.288. The third kappa shape index (κ3) is 2.33. The Labute approximate surface area is 97.8 Å². The molecule has 1 aromatic rings. The van der Waals surface area contributed by atoms with Crippen molar-refractivity contribution in [2.24, 2.45) is 0 Å². The molecule has 0 radical (unpaired) electrons. The number of ether oxygens (including phenoxy) is 1. The number of carbonyl (C=O) groups excluding carboxylic acids is 1. The molecule has 3 nitrogen and oxygen atoms in total. The molecule has 0 bridgehead atoms. The van der Waals surface area contributed by atoms with Crippen LogP contribution in [-0.4, -0.2) is 37.1 Å². The highest BCUT2D eigenvalue weighted by Crippen LogP contribution is 2.16. The number of carbonyl (C=O) groups is 1. The molecule has 1 aromatic carbocycles. The first-order valence-electron chi connectivity index (χ1n) is 5.00. The van der Waals surface area contributed by atoms with Crippen molar-refractivity contribution in [3.63, 3.8) is 0 Å². The molecule has 16 heavy (non-hydrogen) atoms. The van der Waals surface area contributed by atoms with Crippen LogP contribution in [0.2, 0.25) is 5.02 Å². The monoisotopic (exact) mass is 243 g/mol. The summed E-state index contributed by atoms with van der Waals surface area (Å²) in [5.41, 5.74) is 0.0614. The highest BCUT2D eigenvalue weighted by molar-refractivity contribution is 6.30. The summed E-state index contributed by atoms with van der Waals surface area (Å²) in [6, 6.07) is 4.07. The Kier molecular flexibility index (Phi) is 3.41. The lowest BCUT2D eigenvalue weighted by Gasteiger charge is -2.26. The third-order valence-electron chi connectivity index (χ3n) is 2.46. The van der Waals surface area contributed by atoms with Gasteiger partial charge >= 0.3 is 0 Å². The van der Waals surface area contributed by atoms with E-state index in [0.717, 1.165) is 6.07 Å². The molecule has 0 unspecified atom stereocenters. The van der Waals surface area contributed by atoms with E-state index in [1.807, 2.05) is 0 Å². The molecule has 0 aromatic heterocycles. The van der Waals surface area contributed by atoms with Gasteiger partial charge in [-0.15, -0.1) is 0 Å². The number of morpholine rings is 1. The Balaban J connectivity index is 2.19. The number of nitrogens with zero attached hydrogens (tertiary/aromatic N) is 1. The summed E-state index contributed by atoms with van der Waals surface area (Å²) < 4.78 is 18.6. The summed E-state index contributed by atoms with van der Waals surface area (Å²) in [5.74, 6) is -0.888. The summed E-state index contributed by atoms with van der Waals surface area (Å²) >= 11 is 5.62. The molecule has 0 spiro atoms. The van der Waals surface area contributed by atoms with Crippen molar-refractivity contribution in [3.05, 3.63) is 34.6 Å². The largest absolute Gasteiger partial charge is 0.378 e. The van der Waals surface area contributed by atoms with E-state index >= 15 is 0 Å². The fourth-order valence-corrected chi connectivity index (χ4v) is 1.76. The second-order valence-electron chi connectivity index (χ2n) is 3.53. The van der Waals surface area contributed by atoms with Crippen molar-refractivity contribution < 1.29 is 13.9 Å². The van der Waals surface area contributed by atoms with Gasteiger partial charge in [-0.25, -0.2) is 4.39 Å². The van der Waals surface area contributed by atoms with Gasteiger partial charge < -0.3 is 9.64 Å². The molecule has 0 aliphatic carbocycles. The first-order valence-corrected chi connectivity index (χ1v) is 5.38. The minimum absolute atomic E-state index is 0.0614. The lowest BCUT2D eigenvalue weighted by molar-refractivity contribution is 0.0300. The van der Waals surface area contributed by atoms with Gasteiger partial charge in [0.25, 0.3) is 5.91 Å². The number of amides is 1. The maximum Gasteiger partial charge on any atom is 0.256 e. The SMILES string of the molecule is O=C(c1ccc(Cl)cc1F)N1CCOCC1.